The first-order chi connectivity index (χ1) is 12.3. The molecule has 4 rings (SSSR count). The van der Waals surface area contributed by atoms with Gasteiger partial charge >= 0.3 is 0 Å². The Hall–Kier alpha value is -1.30. The third-order valence-electron chi connectivity index (χ3n) is 5.62. The second-order valence-electron chi connectivity index (χ2n) is 7.48. The van der Waals surface area contributed by atoms with Crippen molar-refractivity contribution in [1.29, 1.82) is 0 Å². The number of nitrogens with zero attached hydrogens (tertiary/aromatic N) is 4. The van der Waals surface area contributed by atoms with Gasteiger partial charge in [0.2, 0.25) is 0 Å². The normalized spacial score (nSPS) is 20.4. The molecule has 0 amide bonds. The van der Waals surface area contributed by atoms with Crippen LogP contribution in [0.4, 0.5) is 0 Å². The Morgan fingerprint density at radius 1 is 1.08 bits per heavy atom. The van der Waals surface area contributed by atoms with E-state index in [0.29, 0.717) is 0 Å². The largest absolute Gasteiger partial charge is 0.295 e. The molecule has 0 N–H and O–H groups in total. The van der Waals surface area contributed by atoms with Crippen LogP contribution in [0.2, 0.25) is 0 Å². The minimum Gasteiger partial charge on any atom is -0.295 e. The van der Waals surface area contributed by atoms with E-state index < -0.39 is 0 Å². The highest BCUT2D eigenvalue weighted by Crippen LogP contribution is 2.35. The average molecular weight is 357 g/mol. The predicted molar refractivity (Wildman–Crippen MR) is 103 cm³/mol. The summed E-state index contributed by atoms with van der Waals surface area (Å²) in [5, 5.41) is 3.67. The van der Waals surface area contributed by atoms with Gasteiger partial charge in [0, 0.05) is 56.8 Å². The molecule has 0 unspecified atom stereocenters. The first-order valence-electron chi connectivity index (χ1n) is 9.57. The minimum atomic E-state index is 0.747. The molecule has 134 valence electrons. The van der Waals surface area contributed by atoms with E-state index in [2.05, 4.69) is 33.2 Å². The van der Waals surface area contributed by atoms with Gasteiger partial charge < -0.3 is 0 Å². The maximum Gasteiger partial charge on any atom is 0.0959 e. The predicted octanol–water partition coefficient (Wildman–Crippen LogP) is 3.82. The SMILES string of the molecule is Cc1cccnc1CN1CCN(Cc2csc(C3CCCC3)n2)CC1. The summed E-state index contributed by atoms with van der Waals surface area (Å²) in [5.41, 5.74) is 3.80. The molecule has 5 heteroatoms. The molecule has 0 bridgehead atoms. The van der Waals surface area contributed by atoms with Crippen LogP contribution in [0.1, 0.15) is 53.6 Å². The zero-order chi connectivity index (χ0) is 17.1. The molecule has 0 spiro atoms. The number of hydrogen-bond acceptors (Lipinski definition) is 5. The Balaban J connectivity index is 1.27. The van der Waals surface area contributed by atoms with E-state index in [9.17, 15) is 0 Å². The highest BCUT2D eigenvalue weighted by molar-refractivity contribution is 7.09. The van der Waals surface area contributed by atoms with Crippen LogP contribution < -0.4 is 0 Å². The van der Waals surface area contributed by atoms with Crippen molar-refractivity contribution in [3.05, 3.63) is 45.7 Å². The molecule has 0 aromatic carbocycles. The van der Waals surface area contributed by atoms with E-state index in [1.165, 1.54) is 47.6 Å². The molecule has 25 heavy (non-hydrogen) atoms. The lowest BCUT2D eigenvalue weighted by Crippen LogP contribution is -2.45. The smallest absolute Gasteiger partial charge is 0.0959 e. The van der Waals surface area contributed by atoms with E-state index in [1.54, 1.807) is 0 Å². The molecular weight excluding hydrogens is 328 g/mol. The molecule has 3 heterocycles. The van der Waals surface area contributed by atoms with Crippen molar-refractivity contribution in [2.45, 2.75) is 51.6 Å². The minimum absolute atomic E-state index is 0.747. The molecule has 1 saturated heterocycles. The van der Waals surface area contributed by atoms with Gasteiger partial charge in [-0.1, -0.05) is 18.9 Å². The lowest BCUT2D eigenvalue weighted by Gasteiger charge is -2.34. The molecular formula is C20H28N4S. The van der Waals surface area contributed by atoms with Crippen LogP contribution in [0, 0.1) is 6.92 Å². The summed E-state index contributed by atoms with van der Waals surface area (Å²) in [6.07, 6.45) is 7.37. The first-order valence-corrected chi connectivity index (χ1v) is 10.5. The van der Waals surface area contributed by atoms with E-state index in [4.69, 9.17) is 4.98 Å². The molecule has 2 aliphatic rings. The lowest BCUT2D eigenvalue weighted by atomic mass is 10.1. The van der Waals surface area contributed by atoms with Gasteiger partial charge in [-0.2, -0.15) is 0 Å². The van der Waals surface area contributed by atoms with Crippen LogP contribution in [0.25, 0.3) is 0 Å². The highest BCUT2D eigenvalue weighted by atomic mass is 32.1. The van der Waals surface area contributed by atoms with Gasteiger partial charge in [-0.3, -0.25) is 14.8 Å². The van der Waals surface area contributed by atoms with Crippen molar-refractivity contribution in [1.82, 2.24) is 19.8 Å². The van der Waals surface area contributed by atoms with E-state index in [0.717, 1.165) is 45.2 Å². The van der Waals surface area contributed by atoms with Crippen molar-refractivity contribution in [3.8, 4) is 0 Å². The maximum absolute atomic E-state index is 4.94. The van der Waals surface area contributed by atoms with Gasteiger partial charge in [0.1, 0.15) is 0 Å². The lowest BCUT2D eigenvalue weighted by molar-refractivity contribution is 0.120. The Labute approximate surface area is 154 Å². The van der Waals surface area contributed by atoms with Crippen LogP contribution in [-0.2, 0) is 13.1 Å². The van der Waals surface area contributed by atoms with Gasteiger partial charge in [0.25, 0.3) is 0 Å². The Bertz CT molecular complexity index is 685. The van der Waals surface area contributed by atoms with Gasteiger partial charge in [0.15, 0.2) is 0 Å². The highest BCUT2D eigenvalue weighted by Gasteiger charge is 2.22. The first kappa shape index (κ1) is 17.1. The van der Waals surface area contributed by atoms with Crippen LogP contribution >= 0.6 is 11.3 Å². The summed E-state index contributed by atoms with van der Waals surface area (Å²) in [4.78, 5) is 14.5. The summed E-state index contributed by atoms with van der Waals surface area (Å²) < 4.78 is 0. The van der Waals surface area contributed by atoms with Crippen molar-refractivity contribution in [3.63, 3.8) is 0 Å². The molecule has 4 nitrogen and oxygen atoms in total. The Morgan fingerprint density at radius 3 is 2.52 bits per heavy atom. The zero-order valence-electron chi connectivity index (χ0n) is 15.2. The standard InChI is InChI=1S/C20H28N4S/c1-16-5-4-8-21-19(16)14-24-11-9-23(10-12-24)13-18-15-25-20(22-18)17-6-2-3-7-17/h4-5,8,15,17H,2-3,6-7,9-14H2,1H3. The van der Waals surface area contributed by atoms with E-state index >= 15 is 0 Å². The van der Waals surface area contributed by atoms with Crippen LogP contribution in [0.5, 0.6) is 0 Å². The molecule has 2 aromatic rings. The Morgan fingerprint density at radius 2 is 1.80 bits per heavy atom. The third kappa shape index (κ3) is 4.27. The summed E-state index contributed by atoms with van der Waals surface area (Å²) in [7, 11) is 0. The van der Waals surface area contributed by atoms with Crippen molar-refractivity contribution in [2.24, 2.45) is 0 Å². The van der Waals surface area contributed by atoms with Crippen molar-refractivity contribution < 1.29 is 0 Å². The Kier molecular flexibility index (Phi) is 5.44. The molecule has 2 fully saturated rings. The molecule has 0 radical (unpaired) electrons. The fourth-order valence-corrected chi connectivity index (χ4v) is 4.97. The zero-order valence-corrected chi connectivity index (χ0v) is 16.0. The van der Waals surface area contributed by atoms with Crippen molar-refractivity contribution >= 4 is 11.3 Å². The summed E-state index contributed by atoms with van der Waals surface area (Å²) in [6.45, 7) is 8.64. The maximum atomic E-state index is 4.94. The molecule has 2 aromatic heterocycles. The van der Waals surface area contributed by atoms with Crippen LogP contribution in [0.15, 0.2) is 23.7 Å². The number of pyridine rings is 1. The summed E-state index contributed by atoms with van der Waals surface area (Å²) in [5.74, 6) is 0.747. The van der Waals surface area contributed by atoms with Crippen LogP contribution in [0.3, 0.4) is 0 Å². The topological polar surface area (TPSA) is 32.3 Å². The second kappa shape index (κ2) is 7.94. The number of thiazole rings is 1. The molecule has 0 atom stereocenters. The van der Waals surface area contributed by atoms with E-state index in [-0.39, 0.29) is 0 Å². The third-order valence-corrected chi connectivity index (χ3v) is 6.67. The number of rotatable bonds is 5. The number of hydrogen-bond donors (Lipinski definition) is 0. The number of aryl methyl sites for hydroxylation is 1. The molecule has 1 saturated carbocycles. The van der Waals surface area contributed by atoms with Gasteiger partial charge in [-0.25, -0.2) is 4.98 Å². The van der Waals surface area contributed by atoms with Crippen molar-refractivity contribution in [2.75, 3.05) is 26.2 Å². The molecule has 1 aliphatic carbocycles. The average Bonchev–Trinajstić information content (AvgIpc) is 3.30. The summed E-state index contributed by atoms with van der Waals surface area (Å²) >= 11 is 1.88. The van der Waals surface area contributed by atoms with E-state index in [1.807, 2.05) is 23.6 Å². The van der Waals surface area contributed by atoms with Crippen LogP contribution in [-0.4, -0.2) is 45.9 Å². The monoisotopic (exact) mass is 356 g/mol. The van der Waals surface area contributed by atoms with Gasteiger partial charge in [-0.05, 0) is 31.4 Å². The second-order valence-corrected chi connectivity index (χ2v) is 8.37. The fourth-order valence-electron chi connectivity index (χ4n) is 3.99. The van der Waals surface area contributed by atoms with Gasteiger partial charge in [-0.15, -0.1) is 11.3 Å². The number of aromatic nitrogens is 2. The van der Waals surface area contributed by atoms with Gasteiger partial charge in [0.05, 0.1) is 16.4 Å². The molecule has 1 aliphatic heterocycles. The summed E-state index contributed by atoms with van der Waals surface area (Å²) in [6, 6.07) is 4.17. The number of piperazine rings is 1. The fraction of sp³-hybridized carbons (Fsp3) is 0.600. The quantitative estimate of drug-likeness (QED) is 0.815.